The van der Waals surface area contributed by atoms with E-state index in [0.29, 0.717) is 63.9 Å². The van der Waals surface area contributed by atoms with Gasteiger partial charge in [-0.1, -0.05) is 29.8 Å². The maximum atomic E-state index is 13.2. The number of anilines is 2. The molecule has 7 N–H and O–H groups in total. The second-order valence-electron chi connectivity index (χ2n) is 24.0. The Labute approximate surface area is 718 Å². The summed E-state index contributed by atoms with van der Waals surface area (Å²) in [6.07, 6.45) is 5.73. The van der Waals surface area contributed by atoms with Gasteiger partial charge in [-0.25, -0.2) is 31.0 Å². The number of nitrogens with one attached hydrogen (secondary N) is 1. The van der Waals surface area contributed by atoms with Crippen LogP contribution in [-0.4, -0.2) is 99.5 Å². The summed E-state index contributed by atoms with van der Waals surface area (Å²) in [7, 11) is 3.67. The minimum absolute atomic E-state index is 0. The van der Waals surface area contributed by atoms with Gasteiger partial charge in [0.1, 0.15) is 135 Å². The average Bonchev–Trinajstić information content (AvgIpc) is 1.64. The number of aromatic hydroxyl groups is 1. The summed E-state index contributed by atoms with van der Waals surface area (Å²) in [5.74, 6) is 0.0534. The number of esters is 2. The molecule has 13 rings (SSSR count). The molecule has 0 spiro atoms. The second-order valence-corrected chi connectivity index (χ2v) is 24.6. The predicted molar refractivity (Wildman–Crippen MR) is 435 cm³/mol. The zero-order valence-electron chi connectivity index (χ0n) is 66.6. The fourth-order valence-electron chi connectivity index (χ4n) is 9.31. The van der Waals surface area contributed by atoms with E-state index in [-0.39, 0.29) is 108 Å². The number of aryl methyl sites for hydroxylation is 2. The number of aliphatic hydroxyl groups excluding tert-OH is 1. The monoisotopic (exact) mass is 1710 g/mol. The molecule has 27 nitrogen and oxygen atoms in total. The molecule has 0 saturated carbocycles. The normalized spacial score (nSPS) is 9.60. The number of H-pyrrole nitrogens is 1. The van der Waals surface area contributed by atoms with Crippen LogP contribution in [0.3, 0.4) is 0 Å². The summed E-state index contributed by atoms with van der Waals surface area (Å²) >= 11 is 2.90. The Bertz CT molecular complexity index is 5850. The first-order chi connectivity index (χ1) is 56.5. The number of nitrogens with zero attached hydrogens (tertiary/aromatic N) is 11. The Morgan fingerprint density at radius 3 is 1.32 bits per heavy atom. The van der Waals surface area contributed by atoms with Gasteiger partial charge in [0.25, 0.3) is 0 Å². The van der Waals surface area contributed by atoms with Crippen LogP contribution in [0.2, 0.25) is 0 Å². The number of nitrogens with two attached hydrogens (primary N) is 2. The molecule has 3 heterocycles. The number of nitriles is 5. The fraction of sp³-hybridized carbons (Fsp3) is 0.155. The minimum Gasteiger partial charge on any atom is -1.00 e. The van der Waals surface area contributed by atoms with E-state index in [1.807, 2.05) is 44.2 Å². The number of hydrogen-bond donors (Lipinski definition) is 5. The van der Waals surface area contributed by atoms with Crippen molar-refractivity contribution in [1.29, 1.82) is 26.3 Å². The van der Waals surface area contributed by atoms with E-state index in [9.17, 15) is 45.6 Å². The number of aromatic nitrogens is 6. The maximum Gasteiger partial charge on any atom is 1.00 e. The van der Waals surface area contributed by atoms with Crippen molar-refractivity contribution < 1.29 is 115 Å². The van der Waals surface area contributed by atoms with Gasteiger partial charge in [-0.15, -0.1) is 4.91 Å². The Balaban J connectivity index is 0.000000482. The van der Waals surface area contributed by atoms with Crippen LogP contribution in [0, 0.1) is 116 Å². The summed E-state index contributed by atoms with van der Waals surface area (Å²) in [5, 5.41) is 79.8. The Morgan fingerprint density at radius 1 is 0.533 bits per heavy atom. The molecule has 0 aliphatic carbocycles. The number of alkyl halides is 1. The van der Waals surface area contributed by atoms with E-state index in [4.69, 9.17) is 66.9 Å². The van der Waals surface area contributed by atoms with Crippen molar-refractivity contribution >= 4 is 86.3 Å². The van der Waals surface area contributed by atoms with Gasteiger partial charge in [0.05, 0.1) is 77.2 Å². The van der Waals surface area contributed by atoms with Crippen molar-refractivity contribution in [2.24, 2.45) is 11.3 Å². The number of phenols is 1. The van der Waals surface area contributed by atoms with E-state index in [1.54, 1.807) is 104 Å². The molecule has 3 aromatic heterocycles. The number of carbonyl (C=O) groups is 3. The third-order valence-electron chi connectivity index (χ3n) is 15.2. The van der Waals surface area contributed by atoms with Crippen LogP contribution in [0.15, 0.2) is 206 Å². The smallest absolute Gasteiger partial charge is 1.00 e. The molecule has 36 heteroatoms. The van der Waals surface area contributed by atoms with Crippen LogP contribution >= 0.6 is 15.9 Å². The van der Waals surface area contributed by atoms with Crippen molar-refractivity contribution in [1.82, 2.24) is 29.8 Å². The van der Waals surface area contributed by atoms with Crippen molar-refractivity contribution in [2.45, 2.75) is 47.6 Å². The van der Waals surface area contributed by atoms with Crippen LogP contribution in [0.1, 0.15) is 72.4 Å². The van der Waals surface area contributed by atoms with Gasteiger partial charge in [-0.3, -0.25) is 24.2 Å². The number of benzene rings is 10. The number of phenolic OH excluding ortho intramolecular Hbond substituents is 1. The molecule has 120 heavy (non-hydrogen) atoms. The summed E-state index contributed by atoms with van der Waals surface area (Å²) in [6, 6.07) is 52.7. The number of carbonyl (C=O) groups excluding carboxylic acids is 3. The molecule has 13 aromatic rings. The minimum atomic E-state index is -0.691. The number of ether oxygens (including phenoxy) is 6. The maximum absolute atomic E-state index is 13.2. The van der Waals surface area contributed by atoms with Gasteiger partial charge < -0.3 is 56.4 Å². The zero-order chi connectivity index (χ0) is 87.0. The number of fused-ring (bicyclic) bond motifs is 3. The van der Waals surface area contributed by atoms with Crippen molar-refractivity contribution in [3.05, 3.63) is 279 Å². The van der Waals surface area contributed by atoms with Gasteiger partial charge in [0, 0.05) is 50.0 Å². The Hall–Kier alpha value is -14.2. The van der Waals surface area contributed by atoms with Gasteiger partial charge in [-0.2, -0.15) is 41.6 Å². The molecule has 0 saturated heterocycles. The van der Waals surface area contributed by atoms with Crippen LogP contribution in [0.4, 0.5) is 37.7 Å². The summed E-state index contributed by atoms with van der Waals surface area (Å²) in [4.78, 5) is 46.2. The van der Waals surface area contributed by atoms with Crippen LogP contribution in [0.25, 0.3) is 32.7 Å². The van der Waals surface area contributed by atoms with Crippen molar-refractivity contribution in [3.63, 3.8) is 0 Å². The van der Waals surface area contributed by atoms with Gasteiger partial charge in [0.15, 0.2) is 5.34 Å². The first-order valence-electron chi connectivity index (χ1n) is 34.3. The number of nitrogen functional groups attached to an aromatic ring is 2. The van der Waals surface area contributed by atoms with Gasteiger partial charge in [0.2, 0.25) is 5.91 Å². The molecular weight excluding hydrogens is 1640 g/mol. The Morgan fingerprint density at radius 2 is 0.925 bits per heavy atom. The standard InChI is InChI=1S/C17H12FN3O3.C16H10FN3O2.C14H8FN3O.C14H11FN2O.C7H3F2N.C7H9NO.C5H11NO2.C3H5BrO2.CH4O.B.Na.H/c1-23-17(22)10-21-15-4-3-14(7-12(15)9-20-21)24-16-5-2-13(18)6-11(16)8-19;1-10(21)20-15-4-3-14(7-12(15)9-19-20)22-16-5-2-13(17)6-11(16)8-18;15-11-1-4-14(9(5-11)7-16)19-12-2-3-13-10(6-12)8-17-18-13;1-9-6-12(3-4-13(9)17)18-14-5-2-11(15)7-10(14)8-16;8-6-1-2-7(9)5(3-6)4-10;1-5-4-6(9)2-3-7(5)8;1-5(2)3-4-8-6-7;1-6-3(5)2-4;1-2;;;/h2-7,9H,10H2,1H3;2-7,9H,1H3;1-6,8H,(H,17,18);2-7H,17H2,1H3;1-3H;2-4,9H,8H2,1H3;5H,3-4H2,1-2H3;2H2,1H3;2H,1H3;;;/q;;;;;;;;;;+1;-1. The summed E-state index contributed by atoms with van der Waals surface area (Å²) in [5.41, 5.74) is 16.9. The van der Waals surface area contributed by atoms with E-state index in [0.717, 1.165) is 94.3 Å². The van der Waals surface area contributed by atoms with Crippen LogP contribution < -0.4 is 60.0 Å². The van der Waals surface area contributed by atoms with E-state index >= 15 is 0 Å². The number of methoxy groups -OCH3 is 2. The molecule has 3 radical (unpaired) electrons. The fourth-order valence-corrected chi connectivity index (χ4v) is 9.54. The first kappa shape index (κ1) is 99.9. The molecule has 0 aliphatic rings. The number of aromatic amines is 1. The summed E-state index contributed by atoms with van der Waals surface area (Å²) < 4.78 is 111. The third-order valence-corrected chi connectivity index (χ3v) is 15.7. The molecule has 0 unspecified atom stereocenters. The number of rotatable bonds is 15. The van der Waals surface area contributed by atoms with Crippen LogP contribution in [-0.2, 0) is 30.4 Å². The van der Waals surface area contributed by atoms with Crippen LogP contribution in [0.5, 0.6) is 51.7 Å². The van der Waals surface area contributed by atoms with E-state index in [1.165, 1.54) is 85.1 Å². The topological polar surface area (TPSA) is 421 Å². The molecule has 0 atom stereocenters. The molecule has 0 aliphatic heterocycles. The molecule has 0 bridgehead atoms. The van der Waals surface area contributed by atoms with E-state index in [2.05, 4.69) is 69.8 Å². The quantitative estimate of drug-likeness (QED) is 0.00732. The van der Waals surface area contributed by atoms with Gasteiger partial charge >= 0.3 is 41.5 Å². The molecule has 611 valence electrons. The first-order valence-corrected chi connectivity index (χ1v) is 35.4. The Kier molecular flexibility index (Phi) is 43.0. The second kappa shape index (κ2) is 51.7. The van der Waals surface area contributed by atoms with Crippen molar-refractivity contribution in [3.8, 4) is 82.1 Å². The summed E-state index contributed by atoms with van der Waals surface area (Å²) in [6.45, 7) is 9.72. The SMILES string of the molecule is CC(=O)n1ncc2cc(Oc3ccc(F)cc3C#N)ccc21.CC(C)CCON=O.CO.COC(=O)CBr.COC(=O)Cn1ncc2cc(Oc3ccc(F)cc3C#N)ccc21.Cc1cc(O)ccc1N.Cc1cc(Oc2ccc(F)cc2C#N)ccc1N.N#Cc1cc(F)ccc1F.N#Cc1cc(F)ccc1Oc1ccc2[nH]ncc2c1.[B].[H-].[Na+]. The number of hydrogen-bond acceptors (Lipinski definition) is 24. The number of halogens is 7. The number of aliphatic hydroxyl groups is 1. The zero-order valence-corrected chi connectivity index (χ0v) is 69.2. The van der Waals surface area contributed by atoms with Gasteiger partial charge in [-0.05, 0) is 219 Å². The largest absolute Gasteiger partial charge is 1.00 e. The third kappa shape index (κ3) is 32.1. The predicted octanol–water partition coefficient (Wildman–Crippen LogP) is 15.0. The van der Waals surface area contributed by atoms with Crippen molar-refractivity contribution in [2.75, 3.05) is 44.7 Å². The molecule has 0 amide bonds. The molecular formula is C84H74BBrF6N14NaO13. The molecule has 0 fully saturated rings. The molecule has 10 aromatic carbocycles. The van der Waals surface area contributed by atoms with E-state index < -0.39 is 40.9 Å². The average molecular weight is 1720 g/mol.